The van der Waals surface area contributed by atoms with E-state index in [4.69, 9.17) is 0 Å². The number of hydrogen-bond acceptors (Lipinski definition) is 2. The number of rotatable bonds is 6. The molecule has 0 saturated heterocycles. The third-order valence-corrected chi connectivity index (χ3v) is 2.48. The van der Waals surface area contributed by atoms with Crippen LogP contribution in [0.2, 0.25) is 0 Å². The number of nitrogens with zero attached hydrogens (tertiary/aromatic N) is 1. The van der Waals surface area contributed by atoms with Crippen molar-refractivity contribution in [2.75, 3.05) is 0 Å². The van der Waals surface area contributed by atoms with Gasteiger partial charge >= 0.3 is 0 Å². The van der Waals surface area contributed by atoms with Crippen LogP contribution in [-0.4, -0.2) is 11.5 Å². The van der Waals surface area contributed by atoms with E-state index in [0.717, 1.165) is 5.92 Å². The van der Waals surface area contributed by atoms with Gasteiger partial charge in [0.25, 0.3) is 0 Å². The Morgan fingerprint density at radius 2 is 1.62 bits per heavy atom. The first-order valence-electron chi connectivity index (χ1n) is 8.32. The summed E-state index contributed by atoms with van der Waals surface area (Å²) in [6.07, 6.45) is 8.91. The Morgan fingerprint density at radius 3 is 1.86 bits per heavy atom. The maximum absolute atomic E-state index is 10.5. The highest BCUT2D eigenvalue weighted by molar-refractivity contribution is 6.38. The molecule has 1 atom stereocenters. The zero-order valence-electron chi connectivity index (χ0n) is 16.0. The molecule has 0 bridgehead atoms. The maximum atomic E-state index is 10.5. The van der Waals surface area contributed by atoms with Gasteiger partial charge in [-0.05, 0) is 18.9 Å². The lowest BCUT2D eigenvalue weighted by molar-refractivity contribution is -0.111. The molecule has 0 amide bonds. The van der Waals surface area contributed by atoms with Crippen LogP contribution in [0.5, 0.6) is 0 Å². The molecule has 0 N–H and O–H groups in total. The number of allylic oxidation sites excluding steroid dienone is 2. The van der Waals surface area contributed by atoms with E-state index in [0.29, 0.717) is 5.71 Å². The van der Waals surface area contributed by atoms with Gasteiger partial charge in [-0.2, -0.15) is 0 Å². The van der Waals surface area contributed by atoms with Gasteiger partial charge in [0.05, 0.1) is 5.71 Å². The predicted molar refractivity (Wildman–Crippen MR) is 100 cm³/mol. The SMILES string of the molecule is C=C/C=C\N=C(C)C(C)=O.CC.CC.CCCC(C)CC. The molecule has 0 aromatic heterocycles. The van der Waals surface area contributed by atoms with Crippen molar-refractivity contribution in [3.63, 3.8) is 0 Å². The van der Waals surface area contributed by atoms with Gasteiger partial charge in [0.1, 0.15) is 0 Å². The first-order valence-corrected chi connectivity index (χ1v) is 8.32. The Hall–Kier alpha value is -1.18. The molecule has 0 fully saturated rings. The van der Waals surface area contributed by atoms with Crippen molar-refractivity contribution in [1.29, 1.82) is 0 Å². The molecule has 0 rings (SSSR count). The van der Waals surface area contributed by atoms with Crippen molar-refractivity contribution in [2.45, 2.75) is 81.6 Å². The smallest absolute Gasteiger partial charge is 0.173 e. The highest BCUT2D eigenvalue weighted by Gasteiger charge is 1.93. The largest absolute Gasteiger partial charge is 0.293 e. The molecule has 21 heavy (non-hydrogen) atoms. The van der Waals surface area contributed by atoms with Crippen molar-refractivity contribution in [1.82, 2.24) is 0 Å². The Morgan fingerprint density at radius 1 is 1.14 bits per heavy atom. The van der Waals surface area contributed by atoms with E-state index in [1.165, 1.54) is 26.2 Å². The first-order chi connectivity index (χ1) is 9.99. The Balaban J connectivity index is -0.000000115. The molecule has 0 aromatic carbocycles. The second-order valence-corrected chi connectivity index (χ2v) is 4.15. The van der Waals surface area contributed by atoms with E-state index < -0.39 is 0 Å². The van der Waals surface area contributed by atoms with Crippen LogP contribution in [0.1, 0.15) is 81.6 Å². The molecule has 0 saturated carbocycles. The fourth-order valence-corrected chi connectivity index (χ4v) is 1.00. The standard InChI is InChI=1S/C8H11NO.C7H16.2C2H6/c1-4-5-6-9-7(2)8(3)10;1-4-6-7(3)5-2;2*1-2/h4-6H,1H2,2-3H3;7H,4-6H2,1-3H3;2*1-2H3/b6-5-,9-7?;;;. The van der Waals surface area contributed by atoms with Crippen LogP contribution < -0.4 is 0 Å². The first kappa shape index (κ1) is 28.0. The predicted octanol–water partition coefficient (Wildman–Crippen LogP) is 6.62. The Bertz CT molecular complexity index is 265. The number of hydrogen-bond donors (Lipinski definition) is 0. The summed E-state index contributed by atoms with van der Waals surface area (Å²) in [4.78, 5) is 14.4. The minimum absolute atomic E-state index is 0.00582. The molecular weight excluding hydrogens is 258 g/mol. The molecule has 0 radical (unpaired) electrons. The summed E-state index contributed by atoms with van der Waals surface area (Å²) in [7, 11) is 0. The van der Waals surface area contributed by atoms with Gasteiger partial charge in [0, 0.05) is 13.1 Å². The van der Waals surface area contributed by atoms with Gasteiger partial charge in [0.2, 0.25) is 0 Å². The van der Waals surface area contributed by atoms with Crippen LogP contribution in [0.3, 0.4) is 0 Å². The van der Waals surface area contributed by atoms with E-state index >= 15 is 0 Å². The van der Waals surface area contributed by atoms with Crippen molar-refractivity contribution < 1.29 is 4.79 Å². The van der Waals surface area contributed by atoms with Crippen molar-refractivity contribution in [2.24, 2.45) is 10.9 Å². The topological polar surface area (TPSA) is 29.4 Å². The molecular formula is C19H39NO. The summed E-state index contributed by atoms with van der Waals surface area (Å²) in [5, 5.41) is 0. The van der Waals surface area contributed by atoms with Gasteiger partial charge in [0.15, 0.2) is 5.78 Å². The van der Waals surface area contributed by atoms with Gasteiger partial charge in [-0.15, -0.1) is 0 Å². The number of carbonyl (C=O) groups is 1. The average molecular weight is 298 g/mol. The summed E-state index contributed by atoms with van der Waals surface area (Å²) in [6.45, 7) is 21.4. The Labute approximate surface area is 134 Å². The second kappa shape index (κ2) is 27.2. The van der Waals surface area contributed by atoms with Gasteiger partial charge in [-0.25, -0.2) is 0 Å². The van der Waals surface area contributed by atoms with Crippen molar-refractivity contribution in [3.05, 3.63) is 24.9 Å². The van der Waals surface area contributed by atoms with E-state index in [9.17, 15) is 4.79 Å². The number of ketones is 1. The normalized spacial score (nSPS) is 11.0. The number of aliphatic imine (C=N–C) groups is 1. The van der Waals surface area contributed by atoms with Gasteiger partial charge in [-0.3, -0.25) is 9.79 Å². The zero-order chi connectivity index (χ0) is 17.7. The highest BCUT2D eigenvalue weighted by Crippen LogP contribution is 2.07. The summed E-state index contributed by atoms with van der Waals surface area (Å²) >= 11 is 0. The molecule has 2 heteroatoms. The molecule has 0 spiro atoms. The van der Waals surface area contributed by atoms with Gasteiger partial charge in [-0.1, -0.05) is 80.4 Å². The molecule has 0 aliphatic rings. The number of carbonyl (C=O) groups excluding carboxylic acids is 1. The lowest BCUT2D eigenvalue weighted by Gasteiger charge is -2.02. The molecule has 126 valence electrons. The quantitative estimate of drug-likeness (QED) is 0.400. The van der Waals surface area contributed by atoms with E-state index in [2.05, 4.69) is 32.3 Å². The van der Waals surface area contributed by atoms with Gasteiger partial charge < -0.3 is 0 Å². The Kier molecular flexibility index (Phi) is 36.3. The van der Waals surface area contributed by atoms with Crippen LogP contribution in [0.15, 0.2) is 29.9 Å². The van der Waals surface area contributed by atoms with Crippen LogP contribution in [0, 0.1) is 5.92 Å². The summed E-state index contributed by atoms with van der Waals surface area (Å²) in [5.74, 6) is 0.943. The highest BCUT2D eigenvalue weighted by atomic mass is 16.1. The van der Waals surface area contributed by atoms with Crippen molar-refractivity contribution in [3.8, 4) is 0 Å². The van der Waals surface area contributed by atoms with E-state index in [-0.39, 0.29) is 5.78 Å². The third kappa shape index (κ3) is 32.4. The van der Waals surface area contributed by atoms with Crippen LogP contribution in [0.4, 0.5) is 0 Å². The summed E-state index contributed by atoms with van der Waals surface area (Å²) in [6, 6.07) is 0. The molecule has 0 aliphatic heterocycles. The van der Waals surface area contributed by atoms with Crippen molar-refractivity contribution >= 4 is 11.5 Å². The average Bonchev–Trinajstić information content (AvgIpc) is 2.52. The summed E-state index contributed by atoms with van der Waals surface area (Å²) < 4.78 is 0. The minimum Gasteiger partial charge on any atom is -0.293 e. The lowest BCUT2D eigenvalue weighted by atomic mass is 10.0. The second-order valence-electron chi connectivity index (χ2n) is 4.15. The molecule has 0 heterocycles. The summed E-state index contributed by atoms with van der Waals surface area (Å²) in [5.41, 5.74) is 0.512. The van der Waals surface area contributed by atoms with E-state index in [1.807, 2.05) is 27.7 Å². The lowest BCUT2D eigenvalue weighted by Crippen LogP contribution is -2.02. The fraction of sp³-hybridized carbons (Fsp3) is 0.684. The number of Topliss-reactive ketones (excluding diaryl/α,β-unsaturated/α-hetero) is 1. The monoisotopic (exact) mass is 297 g/mol. The van der Waals surface area contributed by atoms with Crippen LogP contribution >= 0.6 is 0 Å². The molecule has 2 nitrogen and oxygen atoms in total. The minimum atomic E-state index is -0.00582. The third-order valence-electron chi connectivity index (χ3n) is 2.48. The zero-order valence-corrected chi connectivity index (χ0v) is 16.0. The fourth-order valence-electron chi connectivity index (χ4n) is 1.00. The van der Waals surface area contributed by atoms with Crippen LogP contribution in [0.25, 0.3) is 0 Å². The maximum Gasteiger partial charge on any atom is 0.173 e. The van der Waals surface area contributed by atoms with E-state index in [1.54, 1.807) is 25.3 Å². The molecule has 1 unspecified atom stereocenters. The molecule has 0 aliphatic carbocycles. The van der Waals surface area contributed by atoms with Crippen LogP contribution in [-0.2, 0) is 4.79 Å². The molecule has 0 aromatic rings.